The minimum atomic E-state index is 0.717. The molecule has 0 bridgehead atoms. The SMILES string of the molecule is C=C.C=C1c2ccc(N3CCN(C4CCN(CC5CCN(CC6(CC)CC6)CC5)CC4)CC3)cc2CN1C1CC1.C=CNC. The van der Waals surface area contributed by atoms with Crippen molar-refractivity contribution < 1.29 is 0 Å². The first-order valence-corrected chi connectivity index (χ1v) is 17.8. The quantitative estimate of drug-likeness (QED) is 0.335. The van der Waals surface area contributed by atoms with E-state index < -0.39 is 0 Å². The van der Waals surface area contributed by atoms with Crippen molar-refractivity contribution in [3.8, 4) is 0 Å². The summed E-state index contributed by atoms with van der Waals surface area (Å²) in [6.45, 7) is 30.1. The van der Waals surface area contributed by atoms with Gasteiger partial charge in [-0.1, -0.05) is 26.1 Å². The average Bonchev–Trinajstić information content (AvgIpc) is 4.03. The number of hydrogen-bond acceptors (Lipinski definition) is 6. The zero-order valence-corrected chi connectivity index (χ0v) is 28.2. The molecule has 4 aliphatic heterocycles. The van der Waals surface area contributed by atoms with Gasteiger partial charge in [-0.05, 0) is 119 Å². The first-order chi connectivity index (χ1) is 21.5. The lowest BCUT2D eigenvalue weighted by Gasteiger charge is -2.44. The third-order valence-corrected chi connectivity index (χ3v) is 11.5. The van der Waals surface area contributed by atoms with Crippen LogP contribution in [0.15, 0.2) is 50.7 Å². The Hall–Kier alpha value is -2.28. The molecule has 6 nitrogen and oxygen atoms in total. The molecule has 1 aromatic carbocycles. The van der Waals surface area contributed by atoms with Gasteiger partial charge in [0.15, 0.2) is 0 Å². The van der Waals surface area contributed by atoms with Gasteiger partial charge in [0.1, 0.15) is 0 Å². The molecule has 0 atom stereocenters. The van der Waals surface area contributed by atoms with Crippen molar-refractivity contribution in [1.29, 1.82) is 0 Å². The van der Waals surface area contributed by atoms with E-state index >= 15 is 0 Å². The zero-order chi connectivity index (χ0) is 31.1. The molecular formula is C38H62N6. The normalized spacial score (nSPS) is 24.5. The fourth-order valence-corrected chi connectivity index (χ4v) is 8.14. The Bertz CT molecular complexity index is 1070. The first-order valence-electron chi connectivity index (χ1n) is 17.8. The van der Waals surface area contributed by atoms with Crippen LogP contribution in [0.3, 0.4) is 0 Å². The summed E-state index contributed by atoms with van der Waals surface area (Å²) in [5.41, 5.74) is 6.28. The molecule has 4 heterocycles. The smallest absolute Gasteiger partial charge is 0.0440 e. The number of likely N-dealkylation sites (tertiary alicyclic amines) is 2. The number of piperazine rings is 1. The number of nitrogens with one attached hydrogen (secondary N) is 1. The molecule has 244 valence electrons. The Morgan fingerprint density at radius 3 is 2.07 bits per heavy atom. The van der Waals surface area contributed by atoms with E-state index in [0.717, 1.165) is 24.5 Å². The number of hydrogen-bond donors (Lipinski definition) is 1. The van der Waals surface area contributed by atoms with E-state index in [4.69, 9.17) is 0 Å². The molecule has 6 aliphatic rings. The molecule has 7 rings (SSSR count). The summed E-state index contributed by atoms with van der Waals surface area (Å²) in [7, 11) is 1.81. The predicted octanol–water partition coefficient (Wildman–Crippen LogP) is 6.28. The molecule has 0 amide bonds. The number of piperidine rings is 2. The standard InChI is InChI=1S/C33H51N5.C3H7N.C2H4/c1-3-33(12-13-33)25-35-14-8-27(9-15-35)23-34-16-10-29(11-17-34)36-18-20-37(21-19-36)31-6-7-32-26(2)38(30-4-5-30)24-28(32)22-31;1-3-4-2;1-2/h6-7,22,27,29-30H,2-5,8-21,23-25H2,1H3;3-4H,1H2,2H3;1-2H2. The highest BCUT2D eigenvalue weighted by atomic mass is 15.3. The molecule has 5 fully saturated rings. The van der Waals surface area contributed by atoms with Crippen LogP contribution in [0.2, 0.25) is 0 Å². The lowest BCUT2D eigenvalue weighted by atomic mass is 9.93. The lowest BCUT2D eigenvalue weighted by Crippen LogP contribution is -2.53. The van der Waals surface area contributed by atoms with E-state index in [9.17, 15) is 0 Å². The number of benzene rings is 1. The van der Waals surface area contributed by atoms with E-state index in [0.29, 0.717) is 5.41 Å². The van der Waals surface area contributed by atoms with Gasteiger partial charge in [-0.3, -0.25) is 4.90 Å². The third kappa shape index (κ3) is 8.10. The molecule has 3 saturated heterocycles. The summed E-state index contributed by atoms with van der Waals surface area (Å²) in [4.78, 5) is 13.6. The van der Waals surface area contributed by atoms with Crippen LogP contribution in [0.25, 0.3) is 5.70 Å². The fourth-order valence-electron chi connectivity index (χ4n) is 8.14. The number of rotatable bonds is 9. The van der Waals surface area contributed by atoms with Gasteiger partial charge in [0.25, 0.3) is 0 Å². The van der Waals surface area contributed by atoms with Gasteiger partial charge in [0.2, 0.25) is 0 Å². The van der Waals surface area contributed by atoms with E-state index in [1.165, 1.54) is 146 Å². The zero-order valence-electron chi connectivity index (χ0n) is 28.2. The Morgan fingerprint density at radius 2 is 1.50 bits per heavy atom. The maximum Gasteiger partial charge on any atom is 0.0440 e. The van der Waals surface area contributed by atoms with Crippen LogP contribution >= 0.6 is 0 Å². The van der Waals surface area contributed by atoms with Crippen molar-refractivity contribution in [2.24, 2.45) is 11.3 Å². The summed E-state index contributed by atoms with van der Waals surface area (Å²) in [5, 5.41) is 2.69. The minimum Gasteiger partial charge on any atom is -0.394 e. The first kappa shape index (κ1) is 33.1. The van der Waals surface area contributed by atoms with Crippen LogP contribution in [0, 0.1) is 11.3 Å². The fraction of sp³-hybridized carbons (Fsp3) is 0.684. The summed E-state index contributed by atoms with van der Waals surface area (Å²) < 4.78 is 0. The molecule has 1 aromatic rings. The second-order valence-corrected chi connectivity index (χ2v) is 14.3. The molecule has 0 aromatic heterocycles. The van der Waals surface area contributed by atoms with Gasteiger partial charge in [-0.2, -0.15) is 0 Å². The number of anilines is 1. The van der Waals surface area contributed by atoms with Crippen molar-refractivity contribution in [2.45, 2.75) is 83.3 Å². The Kier molecular flexibility index (Phi) is 11.5. The molecule has 44 heavy (non-hydrogen) atoms. The lowest BCUT2D eigenvalue weighted by molar-refractivity contribution is 0.0784. The van der Waals surface area contributed by atoms with E-state index in [1.54, 1.807) is 6.20 Å². The van der Waals surface area contributed by atoms with Gasteiger partial charge in [-0.25, -0.2) is 0 Å². The highest BCUT2D eigenvalue weighted by Gasteiger charge is 2.42. The van der Waals surface area contributed by atoms with Crippen LogP contribution in [-0.2, 0) is 6.54 Å². The molecule has 2 aliphatic carbocycles. The van der Waals surface area contributed by atoms with Crippen LogP contribution in [-0.4, -0.2) is 104 Å². The van der Waals surface area contributed by atoms with Crippen LogP contribution in [0.1, 0.15) is 75.8 Å². The van der Waals surface area contributed by atoms with Crippen molar-refractivity contribution in [2.75, 3.05) is 77.4 Å². The van der Waals surface area contributed by atoms with Gasteiger partial charge in [0.05, 0.1) is 0 Å². The number of fused-ring (bicyclic) bond motifs is 1. The van der Waals surface area contributed by atoms with Crippen molar-refractivity contribution in [1.82, 2.24) is 24.9 Å². The molecule has 0 radical (unpaired) electrons. The summed E-state index contributed by atoms with van der Waals surface area (Å²) in [5.74, 6) is 0.934. The maximum atomic E-state index is 4.40. The summed E-state index contributed by atoms with van der Waals surface area (Å²) in [6, 6.07) is 8.72. The largest absolute Gasteiger partial charge is 0.394 e. The van der Waals surface area contributed by atoms with Crippen molar-refractivity contribution in [3.63, 3.8) is 0 Å². The maximum absolute atomic E-state index is 4.40. The van der Waals surface area contributed by atoms with Gasteiger partial charge in [0, 0.05) is 81.9 Å². The van der Waals surface area contributed by atoms with E-state index in [1.807, 2.05) is 7.05 Å². The van der Waals surface area contributed by atoms with Crippen LogP contribution in [0.4, 0.5) is 5.69 Å². The summed E-state index contributed by atoms with van der Waals surface area (Å²) >= 11 is 0. The molecule has 0 unspecified atom stereocenters. The van der Waals surface area contributed by atoms with Gasteiger partial charge in [-0.15, -0.1) is 13.2 Å². The molecular weight excluding hydrogens is 540 g/mol. The molecule has 0 spiro atoms. The predicted molar refractivity (Wildman–Crippen MR) is 189 cm³/mol. The van der Waals surface area contributed by atoms with Crippen LogP contribution < -0.4 is 10.2 Å². The van der Waals surface area contributed by atoms with Crippen LogP contribution in [0.5, 0.6) is 0 Å². The van der Waals surface area contributed by atoms with Gasteiger partial charge < -0.3 is 24.9 Å². The topological polar surface area (TPSA) is 28.2 Å². The van der Waals surface area contributed by atoms with E-state index in [2.05, 4.69) is 81.3 Å². The monoisotopic (exact) mass is 603 g/mol. The Morgan fingerprint density at radius 1 is 0.864 bits per heavy atom. The second-order valence-electron chi connectivity index (χ2n) is 14.3. The van der Waals surface area contributed by atoms with Crippen molar-refractivity contribution in [3.05, 3.63) is 61.8 Å². The third-order valence-electron chi connectivity index (χ3n) is 11.5. The molecule has 1 N–H and O–H groups in total. The highest BCUT2D eigenvalue weighted by molar-refractivity contribution is 5.72. The average molecular weight is 603 g/mol. The Labute approximate surface area is 269 Å². The minimum absolute atomic E-state index is 0.717. The van der Waals surface area contributed by atoms with Crippen molar-refractivity contribution >= 4 is 11.4 Å². The second kappa shape index (κ2) is 15.3. The summed E-state index contributed by atoms with van der Waals surface area (Å²) in [6.07, 6.45) is 14.3. The number of nitrogens with zero attached hydrogens (tertiary/aromatic N) is 5. The Balaban J connectivity index is 0.000000595. The molecule has 2 saturated carbocycles. The molecule has 6 heteroatoms. The highest BCUT2D eigenvalue weighted by Crippen LogP contribution is 2.49. The van der Waals surface area contributed by atoms with Gasteiger partial charge >= 0.3 is 0 Å². The van der Waals surface area contributed by atoms with E-state index in [-0.39, 0.29) is 0 Å².